The molecule has 0 spiro atoms. The third-order valence-corrected chi connectivity index (χ3v) is 7.72. The molecule has 0 aliphatic rings. The Bertz CT molecular complexity index is 410. The largest absolute Gasteiger partial charge is 0.330 e. The summed E-state index contributed by atoms with van der Waals surface area (Å²) in [5.41, 5.74) is 10.9. The quantitative estimate of drug-likeness (QED) is 0.578. The summed E-state index contributed by atoms with van der Waals surface area (Å²) in [7, 11) is -7.70. The van der Waals surface area contributed by atoms with E-state index >= 15 is 0 Å². The van der Waals surface area contributed by atoms with Gasteiger partial charge >= 0.3 is 0 Å². The second kappa shape index (κ2) is 6.83. The van der Waals surface area contributed by atoms with E-state index in [9.17, 15) is 16.8 Å². The standard InChI is InChI=1S/C10H24N2O4S2/c1-17(13,14)10(12,18(2,15)16)8-6-4-3-5-7-9-11/h3-9,11-12H2,1-2H3. The highest BCUT2D eigenvalue weighted by atomic mass is 32.3. The minimum atomic E-state index is -3.85. The lowest BCUT2D eigenvalue weighted by Crippen LogP contribution is -2.53. The van der Waals surface area contributed by atoms with E-state index in [1.807, 2.05) is 0 Å². The Labute approximate surface area is 110 Å². The number of sulfone groups is 2. The van der Waals surface area contributed by atoms with Gasteiger partial charge in [0.2, 0.25) is 4.20 Å². The average molecular weight is 300 g/mol. The van der Waals surface area contributed by atoms with Crippen molar-refractivity contribution in [3.63, 3.8) is 0 Å². The molecule has 0 fully saturated rings. The van der Waals surface area contributed by atoms with Gasteiger partial charge in [-0.15, -0.1) is 0 Å². The molecule has 0 aromatic carbocycles. The molecule has 0 radical (unpaired) electrons. The van der Waals surface area contributed by atoms with Gasteiger partial charge in [-0.25, -0.2) is 16.8 Å². The fraction of sp³-hybridized carbons (Fsp3) is 1.00. The van der Waals surface area contributed by atoms with Crippen molar-refractivity contribution < 1.29 is 16.8 Å². The lowest BCUT2D eigenvalue weighted by atomic mass is 10.1. The Morgan fingerprint density at radius 1 is 0.833 bits per heavy atom. The minimum absolute atomic E-state index is 0.0622. The molecule has 0 unspecified atom stereocenters. The second-order valence-electron chi connectivity index (χ2n) is 4.66. The molecule has 0 aromatic rings. The number of nitrogens with two attached hydrogens (primary N) is 2. The zero-order valence-corrected chi connectivity index (χ0v) is 12.7. The van der Waals surface area contributed by atoms with Crippen LogP contribution in [0, 0.1) is 0 Å². The molecule has 0 amide bonds. The van der Waals surface area contributed by atoms with Crippen molar-refractivity contribution in [2.75, 3.05) is 19.1 Å². The van der Waals surface area contributed by atoms with Crippen molar-refractivity contribution in [3.8, 4) is 0 Å². The van der Waals surface area contributed by atoms with Crippen LogP contribution in [0.15, 0.2) is 0 Å². The third-order valence-electron chi connectivity index (χ3n) is 2.98. The van der Waals surface area contributed by atoms with Gasteiger partial charge in [0, 0.05) is 12.5 Å². The van der Waals surface area contributed by atoms with Gasteiger partial charge in [0.05, 0.1) is 0 Å². The lowest BCUT2D eigenvalue weighted by Gasteiger charge is -2.25. The van der Waals surface area contributed by atoms with E-state index in [1.165, 1.54) is 0 Å². The van der Waals surface area contributed by atoms with Gasteiger partial charge in [0.25, 0.3) is 0 Å². The smallest absolute Gasteiger partial charge is 0.220 e. The minimum Gasteiger partial charge on any atom is -0.330 e. The zero-order valence-electron chi connectivity index (χ0n) is 11.1. The van der Waals surface area contributed by atoms with Gasteiger partial charge in [-0.3, -0.25) is 5.73 Å². The zero-order chi connectivity index (χ0) is 14.4. The van der Waals surface area contributed by atoms with Gasteiger partial charge in [-0.1, -0.05) is 19.3 Å². The summed E-state index contributed by atoms with van der Waals surface area (Å²) in [6.45, 7) is 0.632. The van der Waals surface area contributed by atoms with E-state index in [1.54, 1.807) is 0 Å². The summed E-state index contributed by atoms with van der Waals surface area (Å²) in [5.74, 6) is 0. The maximum Gasteiger partial charge on any atom is 0.220 e. The van der Waals surface area contributed by atoms with Gasteiger partial charge < -0.3 is 5.73 Å². The fourth-order valence-corrected chi connectivity index (χ4v) is 4.92. The molecule has 4 N–H and O–H groups in total. The average Bonchev–Trinajstić information content (AvgIpc) is 2.19. The van der Waals surface area contributed by atoms with Crippen molar-refractivity contribution in [3.05, 3.63) is 0 Å². The van der Waals surface area contributed by atoms with Crippen LogP contribution in [0.2, 0.25) is 0 Å². The molecule has 6 nitrogen and oxygen atoms in total. The molecular weight excluding hydrogens is 276 g/mol. The summed E-state index contributed by atoms with van der Waals surface area (Å²) in [5, 5.41) is 0. The Kier molecular flexibility index (Phi) is 6.77. The number of hydrogen-bond donors (Lipinski definition) is 2. The predicted molar refractivity (Wildman–Crippen MR) is 73.4 cm³/mol. The van der Waals surface area contributed by atoms with Crippen molar-refractivity contribution in [2.24, 2.45) is 11.5 Å². The maximum atomic E-state index is 11.5. The molecule has 0 saturated carbocycles. The Morgan fingerprint density at radius 2 is 1.22 bits per heavy atom. The first-order valence-electron chi connectivity index (χ1n) is 5.94. The Hall–Kier alpha value is -0.180. The van der Waals surface area contributed by atoms with Crippen LogP contribution in [0.3, 0.4) is 0 Å². The van der Waals surface area contributed by atoms with Crippen LogP contribution in [0.25, 0.3) is 0 Å². The highest BCUT2D eigenvalue weighted by molar-refractivity contribution is 8.09. The molecule has 0 heterocycles. The maximum absolute atomic E-state index is 11.5. The molecular formula is C10H24N2O4S2. The Morgan fingerprint density at radius 3 is 1.61 bits per heavy atom. The highest BCUT2D eigenvalue weighted by Gasteiger charge is 2.45. The fourth-order valence-electron chi connectivity index (χ4n) is 1.69. The summed E-state index contributed by atoms with van der Waals surface area (Å²) >= 11 is 0. The van der Waals surface area contributed by atoms with Crippen molar-refractivity contribution in [1.29, 1.82) is 0 Å². The summed E-state index contributed by atoms with van der Waals surface area (Å²) in [6.07, 6.45) is 5.68. The molecule has 18 heavy (non-hydrogen) atoms. The van der Waals surface area contributed by atoms with Crippen molar-refractivity contribution >= 4 is 19.7 Å². The van der Waals surface area contributed by atoms with E-state index in [0.29, 0.717) is 13.0 Å². The van der Waals surface area contributed by atoms with E-state index in [0.717, 1.165) is 38.2 Å². The van der Waals surface area contributed by atoms with E-state index in [2.05, 4.69) is 0 Å². The van der Waals surface area contributed by atoms with Gasteiger partial charge in [-0.2, -0.15) is 0 Å². The normalized spacial score (nSPS) is 13.8. The first-order valence-corrected chi connectivity index (χ1v) is 9.72. The first kappa shape index (κ1) is 17.8. The van der Waals surface area contributed by atoms with E-state index in [-0.39, 0.29) is 6.42 Å². The summed E-state index contributed by atoms with van der Waals surface area (Å²) in [4.78, 5) is 0. The van der Waals surface area contributed by atoms with Crippen LogP contribution < -0.4 is 11.5 Å². The van der Waals surface area contributed by atoms with Crippen molar-refractivity contribution in [1.82, 2.24) is 0 Å². The first-order chi connectivity index (χ1) is 8.06. The van der Waals surface area contributed by atoms with Crippen molar-refractivity contribution in [2.45, 2.75) is 42.7 Å². The molecule has 0 bridgehead atoms. The van der Waals surface area contributed by atoms with E-state index < -0.39 is 23.9 Å². The number of unbranched alkanes of at least 4 members (excludes halogenated alkanes) is 4. The van der Waals surface area contributed by atoms with Gasteiger partial charge in [0.15, 0.2) is 19.7 Å². The lowest BCUT2D eigenvalue weighted by molar-refractivity contribution is 0.512. The molecule has 0 rings (SSSR count). The highest BCUT2D eigenvalue weighted by Crippen LogP contribution is 2.24. The Balaban J connectivity index is 4.50. The van der Waals surface area contributed by atoms with Crippen LogP contribution in [0.4, 0.5) is 0 Å². The number of rotatable bonds is 9. The third kappa shape index (κ3) is 4.83. The number of hydrogen-bond acceptors (Lipinski definition) is 6. The van der Waals surface area contributed by atoms with Crippen LogP contribution in [-0.4, -0.2) is 40.1 Å². The van der Waals surface area contributed by atoms with Crippen LogP contribution in [0.5, 0.6) is 0 Å². The van der Waals surface area contributed by atoms with Crippen LogP contribution >= 0.6 is 0 Å². The summed E-state index contributed by atoms with van der Waals surface area (Å²) in [6, 6.07) is 0. The molecule has 8 heteroatoms. The van der Waals surface area contributed by atoms with Crippen LogP contribution in [0.1, 0.15) is 38.5 Å². The van der Waals surface area contributed by atoms with Crippen LogP contribution in [-0.2, 0) is 19.7 Å². The van der Waals surface area contributed by atoms with Gasteiger partial charge in [0.1, 0.15) is 0 Å². The SMILES string of the molecule is CS(=O)(=O)C(N)(CCCCCCCN)S(C)(=O)=O. The second-order valence-corrected chi connectivity index (χ2v) is 9.47. The topological polar surface area (TPSA) is 120 Å². The molecule has 0 saturated heterocycles. The molecule has 110 valence electrons. The predicted octanol–water partition coefficient (Wildman–Crippen LogP) is -0.0126. The summed E-state index contributed by atoms with van der Waals surface area (Å²) < 4.78 is 44.0. The van der Waals surface area contributed by atoms with Gasteiger partial charge in [-0.05, 0) is 25.8 Å². The molecule has 0 atom stereocenters. The van der Waals surface area contributed by atoms with E-state index in [4.69, 9.17) is 11.5 Å². The molecule has 0 aromatic heterocycles. The molecule has 0 aliphatic heterocycles. The molecule has 0 aliphatic carbocycles. The monoisotopic (exact) mass is 300 g/mol.